The van der Waals surface area contributed by atoms with Gasteiger partial charge in [-0.25, -0.2) is 0 Å². The van der Waals surface area contributed by atoms with Crippen molar-refractivity contribution in [1.82, 2.24) is 9.80 Å². The van der Waals surface area contributed by atoms with Crippen LogP contribution in [0.1, 0.15) is 49.7 Å². The average Bonchev–Trinajstić information content (AvgIpc) is 3.31. The second-order valence-corrected chi connectivity index (χ2v) is 9.02. The van der Waals surface area contributed by atoms with Crippen LogP contribution in [0.4, 0.5) is 0 Å². The zero-order chi connectivity index (χ0) is 18.1. The molecular weight excluding hydrogens is 340 g/mol. The number of likely N-dealkylation sites (N-methyl/N-ethyl adjacent to an activating group) is 1. The minimum absolute atomic E-state index is 0.280. The van der Waals surface area contributed by atoms with Crippen LogP contribution in [0.2, 0.25) is 0 Å². The van der Waals surface area contributed by atoms with Gasteiger partial charge in [0.1, 0.15) is 0 Å². The lowest BCUT2D eigenvalue weighted by atomic mass is 9.88. The van der Waals surface area contributed by atoms with Gasteiger partial charge >= 0.3 is 0 Å². The molecule has 2 heterocycles. The molecule has 1 aliphatic carbocycles. The summed E-state index contributed by atoms with van der Waals surface area (Å²) in [6, 6.07) is 7.52. The second-order valence-electron chi connectivity index (χ2n) is 8.10. The second kappa shape index (κ2) is 7.69. The number of hydrogen-bond acceptors (Lipinski definition) is 3. The van der Waals surface area contributed by atoms with Gasteiger partial charge < -0.3 is 4.90 Å². The number of benzene rings is 1. The lowest BCUT2D eigenvalue weighted by Gasteiger charge is -2.42. The Balaban J connectivity index is 1.50. The number of nitrogens with zero attached hydrogens (tertiary/aromatic N) is 2. The van der Waals surface area contributed by atoms with Crippen molar-refractivity contribution >= 4 is 27.3 Å². The van der Waals surface area contributed by atoms with E-state index in [1.807, 2.05) is 7.05 Å². The van der Waals surface area contributed by atoms with Gasteiger partial charge in [0.05, 0.1) is 6.42 Å². The first-order valence-corrected chi connectivity index (χ1v) is 11.0. The maximum Gasteiger partial charge on any atom is 0.227 e. The molecule has 0 bridgehead atoms. The molecule has 26 heavy (non-hydrogen) atoms. The Bertz CT molecular complexity index is 778. The number of likely N-dealkylation sites (tertiary alicyclic amines) is 1. The summed E-state index contributed by atoms with van der Waals surface area (Å²) in [5.74, 6) is 0.280. The van der Waals surface area contributed by atoms with Crippen LogP contribution in [0.15, 0.2) is 23.6 Å². The third-order valence-corrected chi connectivity index (χ3v) is 7.36. The Morgan fingerprint density at radius 1 is 1.19 bits per heavy atom. The van der Waals surface area contributed by atoms with E-state index in [0.29, 0.717) is 18.5 Å². The molecule has 1 amide bonds. The number of thiophene rings is 1. The van der Waals surface area contributed by atoms with Crippen LogP contribution in [-0.2, 0) is 11.2 Å². The molecule has 1 saturated heterocycles. The molecule has 1 saturated carbocycles. The Kier molecular flexibility index (Phi) is 5.32. The van der Waals surface area contributed by atoms with Crippen molar-refractivity contribution in [3.63, 3.8) is 0 Å². The molecule has 2 fully saturated rings. The zero-order valence-corrected chi connectivity index (χ0v) is 16.9. The van der Waals surface area contributed by atoms with Gasteiger partial charge in [0.25, 0.3) is 0 Å². The molecule has 2 atom stereocenters. The Hall–Kier alpha value is -1.39. The fraction of sp³-hybridized carbons (Fsp3) is 0.591. The zero-order valence-electron chi connectivity index (χ0n) is 16.0. The van der Waals surface area contributed by atoms with E-state index in [2.05, 4.69) is 40.3 Å². The van der Waals surface area contributed by atoms with E-state index in [0.717, 1.165) is 6.42 Å². The Labute approximate surface area is 161 Å². The van der Waals surface area contributed by atoms with Crippen molar-refractivity contribution in [2.24, 2.45) is 0 Å². The lowest BCUT2D eigenvalue weighted by molar-refractivity contribution is -0.133. The molecule has 0 spiro atoms. The molecule has 4 rings (SSSR count). The Morgan fingerprint density at radius 2 is 1.96 bits per heavy atom. The topological polar surface area (TPSA) is 23.6 Å². The van der Waals surface area contributed by atoms with E-state index in [1.54, 1.807) is 11.3 Å². The molecule has 2 aliphatic rings. The fourth-order valence-corrected chi connectivity index (χ4v) is 5.79. The predicted molar refractivity (Wildman–Crippen MR) is 110 cm³/mol. The van der Waals surface area contributed by atoms with Crippen molar-refractivity contribution < 1.29 is 4.79 Å². The summed E-state index contributed by atoms with van der Waals surface area (Å²) < 4.78 is 1.29. The van der Waals surface area contributed by atoms with Crippen LogP contribution in [-0.4, -0.2) is 47.9 Å². The van der Waals surface area contributed by atoms with Crippen molar-refractivity contribution in [1.29, 1.82) is 0 Å². The van der Waals surface area contributed by atoms with Gasteiger partial charge in [-0.1, -0.05) is 30.5 Å². The van der Waals surface area contributed by atoms with Crippen molar-refractivity contribution in [3.8, 4) is 0 Å². The van der Waals surface area contributed by atoms with Crippen LogP contribution in [0, 0.1) is 6.92 Å². The van der Waals surface area contributed by atoms with Gasteiger partial charge in [0.2, 0.25) is 5.91 Å². The average molecular weight is 371 g/mol. The summed E-state index contributed by atoms with van der Waals surface area (Å²) in [6.07, 6.45) is 8.16. The molecule has 1 aromatic heterocycles. The molecule has 140 valence electrons. The molecule has 3 nitrogen and oxygen atoms in total. The van der Waals surface area contributed by atoms with Crippen LogP contribution in [0.25, 0.3) is 10.1 Å². The predicted octanol–water partition coefficient (Wildman–Crippen LogP) is 4.62. The third-order valence-electron chi connectivity index (χ3n) is 6.35. The van der Waals surface area contributed by atoms with E-state index in [1.165, 1.54) is 66.4 Å². The first-order valence-electron chi connectivity index (χ1n) is 10.1. The number of rotatable bonds is 4. The van der Waals surface area contributed by atoms with E-state index in [4.69, 9.17) is 0 Å². The number of hydrogen-bond donors (Lipinski definition) is 0. The molecule has 0 unspecified atom stereocenters. The number of aryl methyl sites for hydroxylation is 1. The smallest absolute Gasteiger partial charge is 0.227 e. The molecule has 2 aromatic rings. The van der Waals surface area contributed by atoms with Gasteiger partial charge in [-0.2, -0.15) is 0 Å². The van der Waals surface area contributed by atoms with Crippen LogP contribution < -0.4 is 0 Å². The first kappa shape index (κ1) is 18.0. The third kappa shape index (κ3) is 3.54. The molecule has 1 aromatic carbocycles. The number of fused-ring (bicyclic) bond motifs is 1. The minimum Gasteiger partial charge on any atom is -0.341 e. The largest absolute Gasteiger partial charge is 0.341 e. The van der Waals surface area contributed by atoms with Crippen LogP contribution in [0.5, 0.6) is 0 Å². The van der Waals surface area contributed by atoms with E-state index in [-0.39, 0.29) is 5.91 Å². The summed E-state index contributed by atoms with van der Waals surface area (Å²) in [7, 11) is 2.04. The molecular formula is C22H30N2OS. The summed E-state index contributed by atoms with van der Waals surface area (Å²) in [6.45, 7) is 4.56. The van der Waals surface area contributed by atoms with E-state index < -0.39 is 0 Å². The SMILES string of the molecule is Cc1ccc2scc(CC(=O)N(C)[C@@H]3CCCC[C@H]3N3CCCC3)c2c1. The fourth-order valence-electron chi connectivity index (χ4n) is 4.85. The van der Waals surface area contributed by atoms with Crippen molar-refractivity contribution in [2.45, 2.75) is 64.0 Å². The summed E-state index contributed by atoms with van der Waals surface area (Å²) in [4.78, 5) is 17.8. The highest BCUT2D eigenvalue weighted by Gasteiger charge is 2.35. The van der Waals surface area contributed by atoms with Crippen molar-refractivity contribution in [3.05, 3.63) is 34.7 Å². The maximum absolute atomic E-state index is 13.1. The highest BCUT2D eigenvalue weighted by molar-refractivity contribution is 7.17. The molecule has 0 N–H and O–H groups in total. The van der Waals surface area contributed by atoms with Crippen LogP contribution >= 0.6 is 11.3 Å². The van der Waals surface area contributed by atoms with E-state index >= 15 is 0 Å². The maximum atomic E-state index is 13.1. The van der Waals surface area contributed by atoms with Gasteiger partial charge in [0.15, 0.2) is 0 Å². The quantitative estimate of drug-likeness (QED) is 0.784. The van der Waals surface area contributed by atoms with Crippen molar-refractivity contribution in [2.75, 3.05) is 20.1 Å². The monoisotopic (exact) mass is 370 g/mol. The van der Waals surface area contributed by atoms with Gasteiger partial charge in [-0.3, -0.25) is 9.69 Å². The van der Waals surface area contributed by atoms with Gasteiger partial charge in [-0.05, 0) is 68.1 Å². The number of carbonyl (C=O) groups excluding carboxylic acids is 1. The number of amides is 1. The highest BCUT2D eigenvalue weighted by Crippen LogP contribution is 2.31. The van der Waals surface area contributed by atoms with Gasteiger partial charge in [0, 0.05) is 23.8 Å². The number of carbonyl (C=O) groups is 1. The standard InChI is InChI=1S/C22H30N2OS/c1-16-9-10-21-18(13-16)17(15-26-21)14-22(25)23(2)19-7-3-4-8-20(19)24-11-5-6-12-24/h9-10,13,15,19-20H,3-8,11-12,14H2,1-2H3/t19-,20-/m1/s1. The summed E-state index contributed by atoms with van der Waals surface area (Å²) in [5, 5.41) is 3.44. The lowest BCUT2D eigenvalue weighted by Crippen LogP contribution is -2.53. The van der Waals surface area contributed by atoms with Crippen LogP contribution in [0.3, 0.4) is 0 Å². The normalized spacial score (nSPS) is 24.2. The Morgan fingerprint density at radius 3 is 2.77 bits per heavy atom. The highest BCUT2D eigenvalue weighted by atomic mass is 32.1. The molecule has 0 radical (unpaired) electrons. The van der Waals surface area contributed by atoms with Gasteiger partial charge in [-0.15, -0.1) is 11.3 Å². The first-order chi connectivity index (χ1) is 12.6. The summed E-state index contributed by atoms with van der Waals surface area (Å²) >= 11 is 1.75. The minimum atomic E-state index is 0.280. The van der Waals surface area contributed by atoms with E-state index in [9.17, 15) is 4.79 Å². The molecule has 1 aliphatic heterocycles. The summed E-state index contributed by atoms with van der Waals surface area (Å²) in [5.41, 5.74) is 2.46. The molecule has 4 heteroatoms.